The molecule has 2 rings (SSSR count). The Hall–Kier alpha value is -2.65. The highest BCUT2D eigenvalue weighted by molar-refractivity contribution is 6.47. The number of nitrogens with two attached hydrogens (primary N) is 1. The van der Waals surface area contributed by atoms with E-state index in [9.17, 15) is 13.2 Å². The Kier molecular flexibility index (Phi) is 4.06. The van der Waals surface area contributed by atoms with E-state index in [4.69, 9.17) is 11.1 Å². The van der Waals surface area contributed by atoms with Crippen LogP contribution in [0.2, 0.25) is 0 Å². The summed E-state index contributed by atoms with van der Waals surface area (Å²) in [6.45, 7) is 0. The number of anilines is 1. The van der Waals surface area contributed by atoms with Crippen molar-refractivity contribution >= 4 is 25.2 Å². The molecule has 2 heterocycles. The molecule has 0 atom stereocenters. The van der Waals surface area contributed by atoms with E-state index < -0.39 is 12.0 Å². The number of nitrogen functional groups attached to an aromatic ring is 1. The molecule has 0 saturated carbocycles. The molecule has 2 aromatic heterocycles. The fourth-order valence-corrected chi connectivity index (χ4v) is 1.53. The largest absolute Gasteiger partial charge is 0.549 e. The van der Waals surface area contributed by atoms with Crippen molar-refractivity contribution in [2.24, 2.45) is 0 Å². The van der Waals surface area contributed by atoms with Crippen LogP contribution < -0.4 is 11.3 Å². The lowest BCUT2D eigenvalue weighted by atomic mass is 9.93. The maximum absolute atomic E-state index is 12.8. The van der Waals surface area contributed by atoms with Crippen LogP contribution in [0.5, 0.6) is 0 Å². The van der Waals surface area contributed by atoms with E-state index in [0.29, 0.717) is 12.0 Å². The first kappa shape index (κ1) is 14.8. The zero-order valence-corrected chi connectivity index (χ0v) is 10.4. The van der Waals surface area contributed by atoms with Crippen LogP contribution >= 0.6 is 0 Å². The molecule has 0 aliphatic heterocycles. The minimum atomic E-state index is -4.72. The number of nitrogens with one attached hydrogen (secondary N) is 1. The van der Waals surface area contributed by atoms with Crippen LogP contribution in [0, 0.1) is 5.41 Å². The van der Waals surface area contributed by atoms with Gasteiger partial charge in [-0.25, -0.2) is 9.97 Å². The van der Waals surface area contributed by atoms with E-state index in [-0.39, 0.29) is 17.0 Å². The summed E-state index contributed by atoms with van der Waals surface area (Å²) < 4.78 is 43.0. The second kappa shape index (κ2) is 5.77. The number of hydrogen-bond donors (Lipinski definition) is 2. The van der Waals surface area contributed by atoms with Gasteiger partial charge in [0.25, 0.3) is 0 Å². The van der Waals surface area contributed by atoms with E-state index in [1.54, 1.807) is 0 Å². The Morgan fingerprint density at radius 2 is 2.10 bits per heavy atom. The van der Waals surface area contributed by atoms with Crippen LogP contribution in [0.1, 0.15) is 5.82 Å². The van der Waals surface area contributed by atoms with Gasteiger partial charge in [-0.05, 0) is 12.1 Å². The Bertz CT molecular complexity index is 665. The van der Waals surface area contributed by atoms with Crippen molar-refractivity contribution in [1.29, 1.82) is 5.41 Å². The summed E-state index contributed by atoms with van der Waals surface area (Å²) in [4.78, 5) is 10.5. The van der Waals surface area contributed by atoms with Crippen molar-refractivity contribution in [2.45, 2.75) is 6.18 Å². The summed E-state index contributed by atoms with van der Waals surface area (Å²) in [6, 6.07) is 2.71. The minimum absolute atomic E-state index is 0.0166. The molecule has 107 valence electrons. The average Bonchev–Trinajstić information content (AvgIpc) is 2.44. The standard InChI is InChI=1S/C11H8BF3N5O/c13-11(14,15)10-19-8(3-9(20-10)12-21-5-16)6-1-2-18-4-7(6)17/h1-5,16H,17H2. The maximum atomic E-state index is 12.8. The van der Waals surface area contributed by atoms with Crippen molar-refractivity contribution in [3.8, 4) is 11.3 Å². The molecule has 1 radical (unpaired) electrons. The van der Waals surface area contributed by atoms with E-state index in [2.05, 4.69) is 19.6 Å². The normalized spacial score (nSPS) is 11.0. The first-order chi connectivity index (χ1) is 9.91. The van der Waals surface area contributed by atoms with Gasteiger partial charge < -0.3 is 10.4 Å². The van der Waals surface area contributed by atoms with Crippen LogP contribution in [-0.2, 0) is 10.8 Å². The number of rotatable bonds is 4. The summed E-state index contributed by atoms with van der Waals surface area (Å²) in [5.41, 5.74) is 6.01. The van der Waals surface area contributed by atoms with Gasteiger partial charge in [-0.15, -0.1) is 0 Å². The second-order valence-electron chi connectivity index (χ2n) is 3.83. The maximum Gasteiger partial charge on any atom is 0.451 e. The van der Waals surface area contributed by atoms with Gasteiger partial charge in [0.15, 0.2) is 0 Å². The quantitative estimate of drug-likeness (QED) is 0.498. The molecule has 0 unspecified atom stereocenters. The third-order valence-electron chi connectivity index (χ3n) is 2.38. The molecule has 0 spiro atoms. The van der Waals surface area contributed by atoms with Gasteiger partial charge in [0, 0.05) is 11.8 Å². The molecule has 0 fully saturated rings. The summed E-state index contributed by atoms with van der Waals surface area (Å²) in [7, 11) is 0.908. The fraction of sp³-hybridized carbons (Fsp3) is 0.0909. The zero-order chi connectivity index (χ0) is 15.5. The number of hydrogen-bond acceptors (Lipinski definition) is 6. The van der Waals surface area contributed by atoms with Gasteiger partial charge in [-0.1, -0.05) is 0 Å². The molecule has 6 nitrogen and oxygen atoms in total. The summed E-state index contributed by atoms with van der Waals surface area (Å²) in [6.07, 6.45) is -1.46. The van der Waals surface area contributed by atoms with Crippen LogP contribution in [0.3, 0.4) is 0 Å². The van der Waals surface area contributed by atoms with E-state index in [1.165, 1.54) is 24.5 Å². The monoisotopic (exact) mass is 294 g/mol. The molecular weight excluding hydrogens is 286 g/mol. The highest BCUT2D eigenvalue weighted by Gasteiger charge is 2.35. The lowest BCUT2D eigenvalue weighted by molar-refractivity contribution is -0.144. The fourth-order valence-electron chi connectivity index (χ4n) is 1.53. The molecule has 0 aliphatic rings. The van der Waals surface area contributed by atoms with Crippen molar-refractivity contribution in [2.75, 3.05) is 5.73 Å². The summed E-state index contributed by atoms with van der Waals surface area (Å²) >= 11 is 0. The third-order valence-corrected chi connectivity index (χ3v) is 2.38. The molecule has 0 saturated heterocycles. The molecule has 3 N–H and O–H groups in total. The minimum Gasteiger partial charge on any atom is -0.549 e. The second-order valence-corrected chi connectivity index (χ2v) is 3.83. The van der Waals surface area contributed by atoms with Crippen molar-refractivity contribution in [3.05, 3.63) is 30.4 Å². The Morgan fingerprint density at radius 1 is 1.33 bits per heavy atom. The van der Waals surface area contributed by atoms with Gasteiger partial charge in [0.1, 0.15) is 6.40 Å². The molecule has 0 aliphatic carbocycles. The molecule has 0 bridgehead atoms. The zero-order valence-electron chi connectivity index (χ0n) is 10.4. The lowest BCUT2D eigenvalue weighted by Crippen LogP contribution is -2.26. The third kappa shape index (κ3) is 3.47. The van der Waals surface area contributed by atoms with Crippen molar-refractivity contribution in [3.63, 3.8) is 0 Å². The number of pyridine rings is 1. The first-order valence-corrected chi connectivity index (χ1v) is 5.55. The number of aromatic nitrogens is 3. The SMILES string of the molecule is N=CO[B]c1cc(-c2ccncc2N)nc(C(F)(F)F)n1. The number of nitrogens with zero attached hydrogens (tertiary/aromatic N) is 3. The first-order valence-electron chi connectivity index (χ1n) is 5.55. The van der Waals surface area contributed by atoms with Gasteiger partial charge in [0.05, 0.1) is 23.2 Å². The molecule has 2 aromatic rings. The van der Waals surface area contributed by atoms with Crippen LogP contribution in [0.15, 0.2) is 24.5 Å². The highest BCUT2D eigenvalue weighted by atomic mass is 19.4. The number of halogens is 3. The van der Waals surface area contributed by atoms with E-state index >= 15 is 0 Å². The van der Waals surface area contributed by atoms with Crippen molar-refractivity contribution in [1.82, 2.24) is 15.0 Å². The van der Waals surface area contributed by atoms with Crippen LogP contribution in [0.4, 0.5) is 18.9 Å². The molecule has 0 amide bonds. The lowest BCUT2D eigenvalue weighted by Gasteiger charge is -2.10. The molecule has 10 heteroatoms. The highest BCUT2D eigenvalue weighted by Crippen LogP contribution is 2.28. The van der Waals surface area contributed by atoms with Crippen molar-refractivity contribution < 1.29 is 17.8 Å². The predicted octanol–water partition coefficient (Wildman–Crippen LogP) is 1.01. The molecular formula is C11H8BF3N5O. The Balaban J connectivity index is 2.54. The summed E-state index contributed by atoms with van der Waals surface area (Å²) in [5, 5.41) is 6.71. The summed E-state index contributed by atoms with van der Waals surface area (Å²) in [5.74, 6) is -1.32. The van der Waals surface area contributed by atoms with Gasteiger partial charge >= 0.3 is 13.7 Å². The van der Waals surface area contributed by atoms with Gasteiger partial charge in [0.2, 0.25) is 5.82 Å². The average molecular weight is 294 g/mol. The predicted molar refractivity (Wildman–Crippen MR) is 69.9 cm³/mol. The van der Waals surface area contributed by atoms with Gasteiger partial charge in [-0.3, -0.25) is 10.4 Å². The number of alkyl halides is 3. The topological polar surface area (TPSA) is 97.8 Å². The van der Waals surface area contributed by atoms with Crippen LogP contribution in [0.25, 0.3) is 11.3 Å². The molecule has 0 aromatic carbocycles. The Labute approximate surface area is 118 Å². The molecule has 21 heavy (non-hydrogen) atoms. The smallest absolute Gasteiger partial charge is 0.451 e. The van der Waals surface area contributed by atoms with Crippen LogP contribution in [-0.4, -0.2) is 28.8 Å². The van der Waals surface area contributed by atoms with Gasteiger partial charge in [-0.2, -0.15) is 13.2 Å². The van der Waals surface area contributed by atoms with E-state index in [1.807, 2.05) is 0 Å². The Morgan fingerprint density at radius 3 is 2.71 bits per heavy atom. The van der Waals surface area contributed by atoms with E-state index in [0.717, 1.165) is 7.48 Å².